The third-order valence-electron chi connectivity index (χ3n) is 4.28. The number of nitrogens with two attached hydrogens (primary N) is 1. The Kier molecular flexibility index (Phi) is 4.71. The second kappa shape index (κ2) is 6.39. The van der Waals surface area contributed by atoms with Crippen molar-refractivity contribution in [1.29, 1.82) is 0 Å². The predicted molar refractivity (Wildman–Crippen MR) is 94.1 cm³/mol. The van der Waals surface area contributed by atoms with E-state index in [4.69, 9.17) is 17.3 Å². The Morgan fingerprint density at radius 3 is 3.00 bits per heavy atom. The zero-order valence-electron chi connectivity index (χ0n) is 11.9. The minimum atomic E-state index is 0.224. The topological polar surface area (TPSA) is 29.3 Å². The summed E-state index contributed by atoms with van der Waals surface area (Å²) < 4.78 is 0.931. The molecule has 2 N–H and O–H groups in total. The lowest BCUT2D eigenvalue weighted by Gasteiger charge is -2.39. The lowest BCUT2D eigenvalue weighted by molar-refractivity contribution is 0.138. The van der Waals surface area contributed by atoms with Crippen molar-refractivity contribution in [1.82, 2.24) is 4.90 Å². The monoisotopic (exact) mass is 384 g/mol. The highest BCUT2D eigenvalue weighted by molar-refractivity contribution is 9.10. The molecular formula is C16H18BrClN2S. The maximum atomic E-state index is 6.10. The molecule has 0 aliphatic carbocycles. The van der Waals surface area contributed by atoms with Crippen molar-refractivity contribution in [3.8, 4) is 0 Å². The quantitative estimate of drug-likeness (QED) is 0.823. The smallest absolute Gasteiger partial charge is 0.0548 e. The van der Waals surface area contributed by atoms with Gasteiger partial charge in [-0.1, -0.05) is 17.7 Å². The van der Waals surface area contributed by atoms with E-state index in [0.717, 1.165) is 22.5 Å². The zero-order valence-corrected chi connectivity index (χ0v) is 15.0. The Morgan fingerprint density at radius 2 is 2.29 bits per heavy atom. The first-order valence-electron chi connectivity index (χ1n) is 7.09. The number of benzene rings is 1. The van der Waals surface area contributed by atoms with Crippen LogP contribution in [0.3, 0.4) is 0 Å². The van der Waals surface area contributed by atoms with E-state index in [1.807, 2.05) is 17.4 Å². The van der Waals surface area contributed by atoms with E-state index in [1.54, 1.807) is 0 Å². The number of hydrogen-bond donors (Lipinski definition) is 1. The highest BCUT2D eigenvalue weighted by Gasteiger charge is 2.30. The third-order valence-corrected chi connectivity index (χ3v) is 6.49. The molecule has 0 saturated heterocycles. The summed E-state index contributed by atoms with van der Waals surface area (Å²) >= 11 is 11.5. The number of nitrogens with zero attached hydrogens (tertiary/aromatic N) is 1. The van der Waals surface area contributed by atoms with Crippen molar-refractivity contribution in [2.45, 2.75) is 25.4 Å². The van der Waals surface area contributed by atoms with Crippen molar-refractivity contribution in [3.63, 3.8) is 0 Å². The second-order valence-electron chi connectivity index (χ2n) is 5.39. The van der Waals surface area contributed by atoms with Crippen LogP contribution in [0.4, 0.5) is 0 Å². The first kappa shape index (κ1) is 15.5. The van der Waals surface area contributed by atoms with Crippen molar-refractivity contribution in [2.75, 3.05) is 13.1 Å². The fourth-order valence-electron chi connectivity index (χ4n) is 3.14. The van der Waals surface area contributed by atoms with Gasteiger partial charge in [-0.05, 0) is 64.0 Å². The summed E-state index contributed by atoms with van der Waals surface area (Å²) in [6.07, 6.45) is 1.11. The molecule has 0 saturated carbocycles. The number of fused-ring (bicyclic) bond motifs is 1. The lowest BCUT2D eigenvalue weighted by Crippen LogP contribution is -2.39. The van der Waals surface area contributed by atoms with E-state index >= 15 is 0 Å². The lowest BCUT2D eigenvalue weighted by atomic mass is 9.96. The van der Waals surface area contributed by atoms with Crippen molar-refractivity contribution < 1.29 is 0 Å². The van der Waals surface area contributed by atoms with E-state index < -0.39 is 0 Å². The summed E-state index contributed by atoms with van der Waals surface area (Å²) in [7, 11) is 0. The second-order valence-corrected chi connectivity index (χ2v) is 7.65. The number of hydrogen-bond acceptors (Lipinski definition) is 3. The maximum Gasteiger partial charge on any atom is 0.0548 e. The Bertz CT molecular complexity index is 643. The SMILES string of the molecule is CC1c2ccsc2CCN1C(CN)c1ccc(Cl)c(Br)c1. The van der Waals surface area contributed by atoms with Gasteiger partial charge in [-0.3, -0.25) is 4.90 Å². The summed E-state index contributed by atoms with van der Waals surface area (Å²) in [4.78, 5) is 4.02. The van der Waals surface area contributed by atoms with Gasteiger partial charge >= 0.3 is 0 Å². The highest BCUT2D eigenvalue weighted by Crippen LogP contribution is 2.38. The molecule has 2 atom stereocenters. The van der Waals surface area contributed by atoms with Crippen LogP contribution in [0.1, 0.15) is 35.0 Å². The average Bonchev–Trinajstić information content (AvgIpc) is 2.95. The number of halogens is 2. The van der Waals surface area contributed by atoms with Crippen molar-refractivity contribution in [2.24, 2.45) is 5.73 Å². The number of rotatable bonds is 3. The molecule has 0 amide bonds. The Labute approximate surface area is 143 Å². The largest absolute Gasteiger partial charge is 0.329 e. The molecule has 2 heterocycles. The molecule has 5 heteroatoms. The molecule has 0 fully saturated rings. The molecule has 0 spiro atoms. The third kappa shape index (κ3) is 2.92. The van der Waals surface area contributed by atoms with Crippen LogP contribution in [0.5, 0.6) is 0 Å². The van der Waals surface area contributed by atoms with E-state index in [0.29, 0.717) is 12.6 Å². The minimum absolute atomic E-state index is 0.224. The summed E-state index contributed by atoms with van der Waals surface area (Å²) in [5, 5.41) is 2.93. The summed E-state index contributed by atoms with van der Waals surface area (Å²) in [6, 6.07) is 9.00. The molecule has 3 rings (SSSR count). The van der Waals surface area contributed by atoms with Crippen LogP contribution in [0.25, 0.3) is 0 Å². The van der Waals surface area contributed by atoms with Crippen LogP contribution >= 0.6 is 38.9 Å². The molecule has 0 radical (unpaired) electrons. The van der Waals surface area contributed by atoms with E-state index in [1.165, 1.54) is 16.0 Å². The van der Waals surface area contributed by atoms with E-state index in [-0.39, 0.29) is 6.04 Å². The molecule has 2 unspecified atom stereocenters. The summed E-state index contributed by atoms with van der Waals surface area (Å²) in [5.41, 5.74) is 8.77. The van der Waals surface area contributed by atoms with Gasteiger partial charge < -0.3 is 5.73 Å². The van der Waals surface area contributed by atoms with Crippen LogP contribution in [0.15, 0.2) is 34.1 Å². The van der Waals surface area contributed by atoms with Gasteiger partial charge in [0, 0.05) is 34.5 Å². The standard InChI is InChI=1S/C16H18BrClN2S/c1-10-12-5-7-21-16(12)4-6-20(10)15(9-19)11-2-3-14(18)13(17)8-11/h2-3,5,7-8,10,15H,4,6,9,19H2,1H3. The van der Waals surface area contributed by atoms with Gasteiger partial charge in [0.05, 0.1) is 5.02 Å². The van der Waals surface area contributed by atoms with Crippen LogP contribution < -0.4 is 5.73 Å². The molecule has 0 bridgehead atoms. The predicted octanol–water partition coefficient (Wildman–Crippen LogP) is 4.78. The van der Waals surface area contributed by atoms with Gasteiger partial charge in [0.15, 0.2) is 0 Å². The van der Waals surface area contributed by atoms with Gasteiger partial charge in [-0.2, -0.15) is 0 Å². The molecule has 1 aliphatic heterocycles. The zero-order chi connectivity index (χ0) is 15.0. The van der Waals surface area contributed by atoms with Gasteiger partial charge in [0.1, 0.15) is 0 Å². The van der Waals surface area contributed by atoms with Gasteiger partial charge in [-0.25, -0.2) is 0 Å². The average molecular weight is 386 g/mol. The molecule has 1 aliphatic rings. The van der Waals surface area contributed by atoms with E-state index in [2.05, 4.69) is 51.3 Å². The van der Waals surface area contributed by atoms with Crippen LogP contribution in [0, 0.1) is 0 Å². The van der Waals surface area contributed by atoms with Crippen LogP contribution in [-0.2, 0) is 6.42 Å². The Morgan fingerprint density at radius 1 is 1.48 bits per heavy atom. The Balaban J connectivity index is 1.92. The van der Waals surface area contributed by atoms with Gasteiger partial charge in [0.2, 0.25) is 0 Å². The normalized spacial score (nSPS) is 20.3. The van der Waals surface area contributed by atoms with Crippen molar-refractivity contribution >= 4 is 38.9 Å². The molecular weight excluding hydrogens is 368 g/mol. The molecule has 2 aromatic rings. The Hall–Kier alpha value is -0.390. The number of thiophene rings is 1. The fraction of sp³-hybridized carbons (Fsp3) is 0.375. The van der Waals surface area contributed by atoms with Crippen molar-refractivity contribution in [3.05, 3.63) is 55.1 Å². The minimum Gasteiger partial charge on any atom is -0.329 e. The highest BCUT2D eigenvalue weighted by atomic mass is 79.9. The summed E-state index contributed by atoms with van der Waals surface area (Å²) in [5.74, 6) is 0. The van der Waals surface area contributed by atoms with Crippen LogP contribution in [-0.4, -0.2) is 18.0 Å². The summed E-state index contributed by atoms with van der Waals surface area (Å²) in [6.45, 7) is 3.94. The maximum absolute atomic E-state index is 6.10. The molecule has 21 heavy (non-hydrogen) atoms. The first-order chi connectivity index (χ1) is 10.1. The fourth-order valence-corrected chi connectivity index (χ4v) is 4.61. The molecule has 1 aromatic heterocycles. The molecule has 112 valence electrons. The first-order valence-corrected chi connectivity index (χ1v) is 9.14. The molecule has 2 nitrogen and oxygen atoms in total. The van der Waals surface area contributed by atoms with Gasteiger partial charge in [-0.15, -0.1) is 11.3 Å². The van der Waals surface area contributed by atoms with Crippen LogP contribution in [0.2, 0.25) is 5.02 Å². The van der Waals surface area contributed by atoms with Gasteiger partial charge in [0.25, 0.3) is 0 Å². The molecule has 1 aromatic carbocycles. The van der Waals surface area contributed by atoms with E-state index in [9.17, 15) is 0 Å².